The van der Waals surface area contributed by atoms with E-state index >= 15 is 0 Å². The number of nitrogens with two attached hydrogens (primary N) is 1. The topological polar surface area (TPSA) is 60.1 Å². The Balaban J connectivity index is 1.48. The van der Waals surface area contributed by atoms with Crippen LogP contribution in [0.1, 0.15) is 28.4 Å². The van der Waals surface area contributed by atoms with Crippen LogP contribution in [-0.4, -0.2) is 37.7 Å². The van der Waals surface area contributed by atoms with E-state index in [1.165, 1.54) is 5.56 Å². The molecule has 0 spiro atoms. The summed E-state index contributed by atoms with van der Waals surface area (Å²) in [5, 5.41) is 1.70. The number of hydrogen-bond donors (Lipinski definition) is 1. The fourth-order valence-corrected chi connectivity index (χ4v) is 3.62. The average Bonchev–Trinajstić information content (AvgIpc) is 3.24. The third-order valence-electron chi connectivity index (χ3n) is 5.28. The van der Waals surface area contributed by atoms with Crippen LogP contribution in [-0.2, 0) is 11.2 Å². The molecule has 1 aliphatic rings. The summed E-state index contributed by atoms with van der Waals surface area (Å²) in [5.41, 5.74) is 4.50. The summed E-state index contributed by atoms with van der Waals surface area (Å²) in [6, 6.07) is 26.8. The van der Waals surface area contributed by atoms with Crippen LogP contribution in [0.4, 0.5) is 0 Å². The Hall–Kier alpha value is -3.15. The van der Waals surface area contributed by atoms with Gasteiger partial charge in [-0.3, -0.25) is 10.0 Å². The molecule has 5 nitrogen and oxygen atoms in total. The predicted molar refractivity (Wildman–Crippen MR) is 120 cm³/mol. The summed E-state index contributed by atoms with van der Waals surface area (Å²) in [6.07, 6.45) is 0.711. The third-order valence-corrected chi connectivity index (χ3v) is 5.28. The summed E-state index contributed by atoms with van der Waals surface area (Å²) in [5.74, 6) is 7.72. The number of amidine groups is 1. The molecule has 0 amide bonds. The highest BCUT2D eigenvalue weighted by molar-refractivity contribution is 5.99. The van der Waals surface area contributed by atoms with E-state index in [1.54, 1.807) is 12.1 Å². The van der Waals surface area contributed by atoms with Gasteiger partial charge < -0.3 is 9.47 Å². The minimum Gasteiger partial charge on any atom is -0.497 e. The minimum atomic E-state index is -0.127. The molecule has 0 saturated heterocycles. The lowest BCUT2D eigenvalue weighted by molar-refractivity contribution is 0.0826. The number of benzene rings is 3. The van der Waals surface area contributed by atoms with E-state index in [9.17, 15) is 0 Å². The Morgan fingerprint density at radius 3 is 2.27 bits per heavy atom. The van der Waals surface area contributed by atoms with E-state index in [2.05, 4.69) is 53.5 Å². The first-order valence-electron chi connectivity index (χ1n) is 10.2. The average molecular weight is 402 g/mol. The van der Waals surface area contributed by atoms with Crippen LogP contribution in [0.2, 0.25) is 0 Å². The molecule has 1 aliphatic heterocycles. The molecule has 4 rings (SSSR count). The number of hydrogen-bond acceptors (Lipinski definition) is 5. The maximum atomic E-state index is 6.36. The molecule has 3 aromatic carbocycles. The second kappa shape index (κ2) is 9.57. The van der Waals surface area contributed by atoms with Crippen molar-refractivity contribution < 1.29 is 9.47 Å². The first-order chi connectivity index (χ1) is 14.7. The maximum Gasteiger partial charge on any atom is 0.145 e. The number of methoxy groups -OCH3 is 1. The lowest BCUT2D eigenvalue weighted by Gasteiger charge is -2.20. The van der Waals surface area contributed by atoms with Gasteiger partial charge in [-0.1, -0.05) is 66.7 Å². The van der Waals surface area contributed by atoms with Crippen molar-refractivity contribution >= 4 is 5.84 Å². The molecular weight excluding hydrogens is 374 g/mol. The molecule has 30 heavy (non-hydrogen) atoms. The van der Waals surface area contributed by atoms with Gasteiger partial charge in [0.25, 0.3) is 0 Å². The molecule has 5 heteroatoms. The van der Waals surface area contributed by atoms with Crippen LogP contribution in [0.5, 0.6) is 5.75 Å². The maximum absolute atomic E-state index is 6.36. The fraction of sp³-hybridized carbons (Fsp3) is 0.240. The van der Waals surface area contributed by atoms with Gasteiger partial charge >= 0.3 is 0 Å². The molecule has 0 bridgehead atoms. The molecule has 1 atom stereocenters. The summed E-state index contributed by atoms with van der Waals surface area (Å²) >= 11 is 0. The fourth-order valence-electron chi connectivity index (χ4n) is 3.62. The highest BCUT2D eigenvalue weighted by Gasteiger charge is 2.18. The molecule has 3 aromatic rings. The van der Waals surface area contributed by atoms with Crippen LogP contribution in [0, 0.1) is 0 Å². The zero-order valence-corrected chi connectivity index (χ0v) is 17.2. The molecule has 1 heterocycles. The second-order valence-electron chi connectivity index (χ2n) is 7.28. The van der Waals surface area contributed by atoms with E-state index < -0.39 is 0 Å². The van der Waals surface area contributed by atoms with Gasteiger partial charge in [0.2, 0.25) is 0 Å². The van der Waals surface area contributed by atoms with Gasteiger partial charge in [0, 0.05) is 5.56 Å². The third kappa shape index (κ3) is 4.70. The van der Waals surface area contributed by atoms with Gasteiger partial charge in [-0.05, 0) is 35.2 Å². The van der Waals surface area contributed by atoms with Crippen LogP contribution in [0.15, 0.2) is 83.9 Å². The molecular formula is C25H27N3O2. The van der Waals surface area contributed by atoms with Crippen molar-refractivity contribution in [3.05, 3.63) is 101 Å². The molecule has 154 valence electrons. The van der Waals surface area contributed by atoms with Gasteiger partial charge in [0.05, 0.1) is 26.8 Å². The lowest BCUT2D eigenvalue weighted by Crippen LogP contribution is -2.34. The number of aliphatic imine (C=N–C) groups is 1. The van der Waals surface area contributed by atoms with Crippen molar-refractivity contribution in [1.82, 2.24) is 5.01 Å². The summed E-state index contributed by atoms with van der Waals surface area (Å²) in [4.78, 5) is 4.49. The van der Waals surface area contributed by atoms with Gasteiger partial charge in [0.15, 0.2) is 0 Å². The Labute approximate surface area is 177 Å². The van der Waals surface area contributed by atoms with Gasteiger partial charge in [-0.2, -0.15) is 0 Å². The molecule has 0 fully saturated rings. The van der Waals surface area contributed by atoms with Crippen molar-refractivity contribution in [1.29, 1.82) is 0 Å². The van der Waals surface area contributed by atoms with E-state index in [0.29, 0.717) is 6.61 Å². The number of ether oxygens (including phenoxy) is 2. The molecule has 0 radical (unpaired) electrons. The number of hydrazine groups is 1. The van der Waals surface area contributed by atoms with Crippen LogP contribution in [0.3, 0.4) is 0 Å². The molecule has 2 N–H and O–H groups in total. The van der Waals surface area contributed by atoms with Crippen molar-refractivity contribution in [2.45, 2.75) is 12.5 Å². The zero-order valence-electron chi connectivity index (χ0n) is 17.2. The van der Waals surface area contributed by atoms with Crippen molar-refractivity contribution in [3.63, 3.8) is 0 Å². The molecule has 0 aliphatic carbocycles. The van der Waals surface area contributed by atoms with Crippen molar-refractivity contribution in [3.8, 4) is 5.75 Å². The Kier molecular flexibility index (Phi) is 6.42. The van der Waals surface area contributed by atoms with Gasteiger partial charge in [-0.15, -0.1) is 0 Å². The van der Waals surface area contributed by atoms with E-state index in [4.69, 9.17) is 15.3 Å². The lowest BCUT2D eigenvalue weighted by atomic mass is 9.99. The first kappa shape index (κ1) is 20.1. The minimum absolute atomic E-state index is 0.127. The zero-order chi connectivity index (χ0) is 20.8. The van der Waals surface area contributed by atoms with E-state index in [-0.39, 0.29) is 6.10 Å². The number of nitrogens with zero attached hydrogens (tertiary/aromatic N) is 2. The van der Waals surface area contributed by atoms with Gasteiger partial charge in [-0.25, -0.2) is 5.84 Å². The van der Waals surface area contributed by atoms with Crippen LogP contribution < -0.4 is 10.6 Å². The summed E-state index contributed by atoms with van der Waals surface area (Å²) in [6.45, 7) is 2.13. The Morgan fingerprint density at radius 1 is 0.933 bits per heavy atom. The van der Waals surface area contributed by atoms with Gasteiger partial charge in [0.1, 0.15) is 17.7 Å². The monoisotopic (exact) mass is 401 g/mol. The summed E-state index contributed by atoms with van der Waals surface area (Å²) < 4.78 is 11.6. The molecule has 1 unspecified atom stereocenters. The SMILES string of the molecule is COc1ccc(CCOC(c2ccccc2)c2ccc(C3=NCCN3N)cc2)cc1. The van der Waals surface area contributed by atoms with E-state index in [1.807, 2.05) is 30.3 Å². The van der Waals surface area contributed by atoms with E-state index in [0.717, 1.165) is 47.8 Å². The quantitative estimate of drug-likeness (QED) is 0.580. The smallest absolute Gasteiger partial charge is 0.145 e. The second-order valence-corrected chi connectivity index (χ2v) is 7.28. The predicted octanol–water partition coefficient (Wildman–Crippen LogP) is 3.98. The normalized spacial score (nSPS) is 14.5. The first-order valence-corrected chi connectivity index (χ1v) is 10.2. The largest absolute Gasteiger partial charge is 0.497 e. The van der Waals surface area contributed by atoms with Crippen molar-refractivity contribution in [2.75, 3.05) is 26.8 Å². The Morgan fingerprint density at radius 2 is 1.63 bits per heavy atom. The van der Waals surface area contributed by atoms with Crippen LogP contribution in [0.25, 0.3) is 0 Å². The molecule has 0 saturated carbocycles. The highest BCUT2D eigenvalue weighted by atomic mass is 16.5. The highest BCUT2D eigenvalue weighted by Crippen LogP contribution is 2.27. The standard InChI is InChI=1S/C25H27N3O2/c1-29-23-13-7-19(8-14-23)15-18-30-24(20-5-3-2-4-6-20)21-9-11-22(12-10-21)25-27-16-17-28(25)26/h2-14,24H,15-18,26H2,1H3. The summed E-state index contributed by atoms with van der Waals surface area (Å²) in [7, 11) is 1.68. The van der Waals surface area contributed by atoms with Crippen molar-refractivity contribution in [2.24, 2.45) is 10.8 Å². The molecule has 0 aromatic heterocycles. The Bertz CT molecular complexity index is 970. The number of rotatable bonds is 8. The van der Waals surface area contributed by atoms with Crippen LogP contribution >= 0.6 is 0 Å².